The Balaban J connectivity index is 1.28. The van der Waals surface area contributed by atoms with E-state index in [2.05, 4.69) is 32.7 Å². The second kappa shape index (κ2) is 9.16. The number of anilines is 1. The summed E-state index contributed by atoms with van der Waals surface area (Å²) in [5.41, 5.74) is 3.88. The van der Waals surface area contributed by atoms with Gasteiger partial charge in [0.1, 0.15) is 5.52 Å². The zero-order valence-electron chi connectivity index (χ0n) is 20.7. The highest BCUT2D eigenvalue weighted by molar-refractivity contribution is 6.31. The lowest BCUT2D eigenvalue weighted by Crippen LogP contribution is -2.31. The van der Waals surface area contributed by atoms with E-state index >= 15 is 0 Å². The standard InChI is InChI=1S/C26H23ClFN9O2/c27-18-5-7-34-14-29-20(24(34)23(18)28)13-36(26(39)19-9-30-33-32-19)12-17-11-35-10-16(15-3-4-15)8-21(25(35)31-17)37-6-1-2-22(37)38/h5,7-11,14-15H,1-4,6,12-13H2,(H,30,32,33). The average molecular weight is 548 g/mol. The maximum absolute atomic E-state index is 14.9. The highest BCUT2D eigenvalue weighted by atomic mass is 35.5. The number of rotatable bonds is 7. The number of imidazole rings is 2. The molecule has 5 aromatic rings. The van der Waals surface area contributed by atoms with Crippen molar-refractivity contribution in [2.24, 2.45) is 0 Å². The molecule has 1 aliphatic heterocycles. The van der Waals surface area contributed by atoms with Gasteiger partial charge < -0.3 is 18.6 Å². The van der Waals surface area contributed by atoms with Crippen molar-refractivity contribution in [1.82, 2.24) is 39.1 Å². The van der Waals surface area contributed by atoms with Crippen LogP contribution in [0.25, 0.3) is 11.2 Å². The van der Waals surface area contributed by atoms with Crippen LogP contribution in [0.5, 0.6) is 0 Å². The summed E-state index contributed by atoms with van der Waals surface area (Å²) in [6, 6.07) is 3.53. The zero-order chi connectivity index (χ0) is 26.7. The summed E-state index contributed by atoms with van der Waals surface area (Å²) < 4.78 is 18.4. The summed E-state index contributed by atoms with van der Waals surface area (Å²) in [4.78, 5) is 38.6. The van der Waals surface area contributed by atoms with E-state index in [4.69, 9.17) is 16.6 Å². The molecule has 6 heterocycles. The monoisotopic (exact) mass is 547 g/mol. The zero-order valence-corrected chi connectivity index (χ0v) is 21.5. The van der Waals surface area contributed by atoms with Gasteiger partial charge in [0.15, 0.2) is 17.2 Å². The van der Waals surface area contributed by atoms with Crippen LogP contribution in [0, 0.1) is 5.82 Å². The molecule has 2 aliphatic rings. The van der Waals surface area contributed by atoms with Crippen molar-refractivity contribution in [3.05, 3.63) is 76.7 Å². The SMILES string of the molecule is O=C(c1c[nH]nn1)N(Cc1cn2cc(C3CC3)cc(N3CCCC3=O)c2n1)Cc1ncn2ccc(Cl)c(F)c12. The first-order chi connectivity index (χ1) is 19.0. The van der Waals surface area contributed by atoms with Crippen molar-refractivity contribution < 1.29 is 14.0 Å². The molecule has 0 spiro atoms. The number of nitrogens with one attached hydrogen (secondary N) is 1. The highest BCUT2D eigenvalue weighted by Crippen LogP contribution is 2.42. The molecule has 0 atom stereocenters. The lowest BCUT2D eigenvalue weighted by Gasteiger charge is -2.20. The molecule has 2 fully saturated rings. The summed E-state index contributed by atoms with van der Waals surface area (Å²) in [6.45, 7) is 0.738. The predicted molar refractivity (Wildman–Crippen MR) is 139 cm³/mol. The van der Waals surface area contributed by atoms with E-state index in [1.165, 1.54) is 33.5 Å². The summed E-state index contributed by atoms with van der Waals surface area (Å²) in [5.74, 6) is -0.457. The van der Waals surface area contributed by atoms with Gasteiger partial charge in [0, 0.05) is 31.6 Å². The smallest absolute Gasteiger partial charge is 0.276 e. The van der Waals surface area contributed by atoms with Crippen molar-refractivity contribution in [3.63, 3.8) is 0 Å². The lowest BCUT2D eigenvalue weighted by atomic mass is 10.1. The third kappa shape index (κ3) is 4.20. The molecule has 0 unspecified atom stereocenters. The van der Waals surface area contributed by atoms with Crippen molar-refractivity contribution in [3.8, 4) is 0 Å². The Hall–Kier alpha value is -4.32. The minimum Gasteiger partial charge on any atom is -0.325 e. The second-order valence-electron chi connectivity index (χ2n) is 9.99. The first-order valence-electron chi connectivity index (χ1n) is 12.7. The van der Waals surface area contributed by atoms with E-state index in [9.17, 15) is 14.0 Å². The molecule has 1 aliphatic carbocycles. The summed E-state index contributed by atoms with van der Waals surface area (Å²) in [5, 5.41) is 10.1. The van der Waals surface area contributed by atoms with Gasteiger partial charge in [-0.05, 0) is 42.9 Å². The molecule has 1 saturated heterocycles. The Morgan fingerprint density at radius 3 is 2.85 bits per heavy atom. The fourth-order valence-electron chi connectivity index (χ4n) is 5.21. The van der Waals surface area contributed by atoms with Crippen LogP contribution in [0.15, 0.2) is 43.2 Å². The lowest BCUT2D eigenvalue weighted by molar-refractivity contribution is -0.117. The van der Waals surface area contributed by atoms with E-state index in [-0.39, 0.29) is 35.2 Å². The number of aromatic amines is 1. The van der Waals surface area contributed by atoms with Gasteiger partial charge in [0.2, 0.25) is 5.91 Å². The maximum atomic E-state index is 14.9. The molecule has 2 amide bonds. The van der Waals surface area contributed by atoms with Gasteiger partial charge in [-0.3, -0.25) is 14.7 Å². The fourth-order valence-corrected chi connectivity index (χ4v) is 5.36. The molecule has 198 valence electrons. The quantitative estimate of drug-likeness (QED) is 0.332. The van der Waals surface area contributed by atoms with E-state index in [0.29, 0.717) is 35.9 Å². The van der Waals surface area contributed by atoms with E-state index in [1.807, 2.05) is 10.6 Å². The molecule has 0 aromatic carbocycles. The Morgan fingerprint density at radius 1 is 1.23 bits per heavy atom. The van der Waals surface area contributed by atoms with Gasteiger partial charge >= 0.3 is 0 Å². The summed E-state index contributed by atoms with van der Waals surface area (Å²) >= 11 is 6.03. The number of hydrogen-bond donors (Lipinski definition) is 1. The molecule has 39 heavy (non-hydrogen) atoms. The molecular formula is C26H23ClFN9O2. The van der Waals surface area contributed by atoms with Gasteiger partial charge in [-0.15, -0.1) is 5.10 Å². The van der Waals surface area contributed by atoms with Crippen LogP contribution >= 0.6 is 11.6 Å². The van der Waals surface area contributed by atoms with Crippen LogP contribution in [-0.4, -0.2) is 57.4 Å². The molecular weight excluding hydrogens is 525 g/mol. The second-order valence-corrected chi connectivity index (χ2v) is 10.4. The van der Waals surface area contributed by atoms with E-state index in [1.54, 1.807) is 11.1 Å². The van der Waals surface area contributed by atoms with Crippen LogP contribution in [0.1, 0.15) is 59.0 Å². The van der Waals surface area contributed by atoms with Gasteiger partial charge in [-0.1, -0.05) is 16.8 Å². The molecule has 0 radical (unpaired) electrons. The number of H-pyrrole nitrogens is 1. The Kier molecular flexibility index (Phi) is 5.58. The summed E-state index contributed by atoms with van der Waals surface area (Å²) in [6.07, 6.45) is 12.0. The summed E-state index contributed by atoms with van der Waals surface area (Å²) in [7, 11) is 0. The van der Waals surface area contributed by atoms with Crippen LogP contribution in [-0.2, 0) is 17.9 Å². The van der Waals surface area contributed by atoms with Crippen molar-refractivity contribution in [1.29, 1.82) is 0 Å². The topological polar surface area (TPSA) is 117 Å². The van der Waals surface area contributed by atoms with Gasteiger partial charge in [0.25, 0.3) is 5.91 Å². The predicted octanol–water partition coefficient (Wildman–Crippen LogP) is 3.74. The van der Waals surface area contributed by atoms with Crippen molar-refractivity contribution in [2.75, 3.05) is 11.4 Å². The van der Waals surface area contributed by atoms with Gasteiger partial charge in [0.05, 0.1) is 47.7 Å². The van der Waals surface area contributed by atoms with Gasteiger partial charge in [-0.2, -0.15) is 0 Å². The largest absolute Gasteiger partial charge is 0.325 e. The third-order valence-electron chi connectivity index (χ3n) is 7.30. The molecule has 7 rings (SSSR count). The highest BCUT2D eigenvalue weighted by Gasteiger charge is 2.30. The van der Waals surface area contributed by atoms with Gasteiger partial charge in [-0.25, -0.2) is 14.4 Å². The number of nitrogens with zero attached hydrogens (tertiary/aromatic N) is 8. The minimum atomic E-state index is -0.610. The number of fused-ring (bicyclic) bond motifs is 2. The van der Waals surface area contributed by atoms with E-state index in [0.717, 1.165) is 24.9 Å². The molecule has 11 nitrogen and oxygen atoms in total. The Morgan fingerprint density at radius 2 is 2.10 bits per heavy atom. The molecule has 1 N–H and O–H groups in total. The number of carbonyl (C=O) groups is 2. The Labute approximate surface area is 226 Å². The van der Waals surface area contributed by atoms with Crippen LogP contribution < -0.4 is 4.90 Å². The third-order valence-corrected chi connectivity index (χ3v) is 7.59. The molecule has 5 aromatic heterocycles. The number of halogens is 2. The maximum Gasteiger partial charge on any atom is 0.276 e. The average Bonchev–Trinajstić information content (AvgIpc) is 3.30. The fraction of sp³-hybridized carbons (Fsp3) is 0.308. The number of pyridine rings is 2. The van der Waals surface area contributed by atoms with E-state index < -0.39 is 11.7 Å². The number of aromatic nitrogens is 7. The first kappa shape index (κ1) is 23.8. The number of hydrogen-bond acceptors (Lipinski definition) is 6. The van der Waals surface area contributed by atoms with Crippen molar-refractivity contribution in [2.45, 2.75) is 44.7 Å². The number of amides is 2. The first-order valence-corrected chi connectivity index (χ1v) is 13.1. The van der Waals surface area contributed by atoms with Crippen LogP contribution in [0.3, 0.4) is 0 Å². The normalized spacial score (nSPS) is 15.6. The molecule has 13 heteroatoms. The Bertz CT molecular complexity index is 1740. The minimum absolute atomic E-state index is 0.0158. The molecule has 1 saturated carbocycles. The van der Waals surface area contributed by atoms with Crippen LogP contribution in [0.2, 0.25) is 5.02 Å². The molecule has 0 bridgehead atoms. The van der Waals surface area contributed by atoms with Crippen molar-refractivity contribution >= 4 is 40.3 Å². The van der Waals surface area contributed by atoms with Crippen LogP contribution in [0.4, 0.5) is 10.1 Å². The number of carbonyl (C=O) groups excluding carboxylic acids is 2.